The highest BCUT2D eigenvalue weighted by molar-refractivity contribution is 5.98. The third kappa shape index (κ3) is 6.08. The molecule has 2 aromatic carbocycles. The number of halogens is 1. The summed E-state index contributed by atoms with van der Waals surface area (Å²) in [6, 6.07) is 14.4. The van der Waals surface area contributed by atoms with Crippen LogP contribution in [0, 0.1) is 19.7 Å². The molecule has 0 aliphatic rings. The lowest BCUT2D eigenvalue weighted by atomic mass is 10.1. The Morgan fingerprint density at radius 1 is 1.00 bits per heavy atom. The largest absolute Gasteiger partial charge is 0.456 e. The zero-order chi connectivity index (χ0) is 22.4. The standard InChI is InChI=1S/C23H22FN3O4/c1-15-3-5-17(6-4-15)20(28)11-12-23(30)31-14-22(29)25-21-13-16(2)26-27(21)19-9-7-18(24)8-10-19/h3-10,13H,11-12,14H2,1-2H3,(H,25,29). The van der Waals surface area contributed by atoms with Gasteiger partial charge in [0.1, 0.15) is 11.6 Å². The molecule has 0 bridgehead atoms. The summed E-state index contributed by atoms with van der Waals surface area (Å²) in [5.74, 6) is -1.38. The number of hydrogen-bond acceptors (Lipinski definition) is 5. The molecular weight excluding hydrogens is 401 g/mol. The van der Waals surface area contributed by atoms with E-state index in [0.29, 0.717) is 22.8 Å². The fourth-order valence-corrected chi connectivity index (χ4v) is 2.86. The molecule has 0 aliphatic carbocycles. The van der Waals surface area contributed by atoms with Crippen molar-refractivity contribution in [2.75, 3.05) is 11.9 Å². The number of aryl methyl sites for hydroxylation is 2. The van der Waals surface area contributed by atoms with Gasteiger partial charge in [0.2, 0.25) is 0 Å². The van der Waals surface area contributed by atoms with Gasteiger partial charge < -0.3 is 10.1 Å². The van der Waals surface area contributed by atoms with E-state index in [0.717, 1.165) is 5.56 Å². The van der Waals surface area contributed by atoms with Crippen molar-refractivity contribution in [3.8, 4) is 5.69 Å². The van der Waals surface area contributed by atoms with Crippen LogP contribution >= 0.6 is 0 Å². The van der Waals surface area contributed by atoms with Gasteiger partial charge in [-0.05, 0) is 38.1 Å². The number of carbonyl (C=O) groups excluding carboxylic acids is 3. The summed E-state index contributed by atoms with van der Waals surface area (Å²) in [5, 5.41) is 6.90. The van der Waals surface area contributed by atoms with Crippen molar-refractivity contribution in [3.05, 3.63) is 77.2 Å². The second kappa shape index (κ2) is 9.80. The molecule has 0 unspecified atom stereocenters. The van der Waals surface area contributed by atoms with E-state index in [4.69, 9.17) is 4.74 Å². The Morgan fingerprint density at radius 2 is 1.68 bits per heavy atom. The van der Waals surface area contributed by atoms with Crippen molar-refractivity contribution in [2.45, 2.75) is 26.7 Å². The molecule has 0 radical (unpaired) electrons. The van der Waals surface area contributed by atoms with Gasteiger partial charge in [0, 0.05) is 18.1 Å². The summed E-state index contributed by atoms with van der Waals surface area (Å²) in [5.41, 5.74) is 2.78. The molecule has 31 heavy (non-hydrogen) atoms. The van der Waals surface area contributed by atoms with E-state index >= 15 is 0 Å². The number of Topliss-reactive ketones (excluding diaryl/α,β-unsaturated/α-hetero) is 1. The van der Waals surface area contributed by atoms with Crippen molar-refractivity contribution >= 4 is 23.5 Å². The number of nitrogens with zero attached hydrogens (tertiary/aromatic N) is 2. The van der Waals surface area contributed by atoms with Crippen molar-refractivity contribution in [3.63, 3.8) is 0 Å². The number of carbonyl (C=O) groups is 3. The number of hydrogen-bond donors (Lipinski definition) is 1. The van der Waals surface area contributed by atoms with Crippen LogP contribution in [0.15, 0.2) is 54.6 Å². The molecule has 8 heteroatoms. The van der Waals surface area contributed by atoms with Gasteiger partial charge in [0.25, 0.3) is 5.91 Å². The highest BCUT2D eigenvalue weighted by Crippen LogP contribution is 2.17. The minimum atomic E-state index is -0.640. The summed E-state index contributed by atoms with van der Waals surface area (Å²) in [4.78, 5) is 36.2. The van der Waals surface area contributed by atoms with Gasteiger partial charge in [0.05, 0.1) is 17.8 Å². The van der Waals surface area contributed by atoms with Crippen molar-refractivity contribution in [2.24, 2.45) is 0 Å². The van der Waals surface area contributed by atoms with Crippen LogP contribution in [0.25, 0.3) is 5.69 Å². The molecule has 1 amide bonds. The molecule has 0 fully saturated rings. The van der Waals surface area contributed by atoms with E-state index in [1.165, 1.54) is 28.9 Å². The quantitative estimate of drug-likeness (QED) is 0.440. The maximum Gasteiger partial charge on any atom is 0.306 e. The van der Waals surface area contributed by atoms with Crippen LogP contribution < -0.4 is 5.32 Å². The van der Waals surface area contributed by atoms with Gasteiger partial charge in [0.15, 0.2) is 12.4 Å². The fraction of sp³-hybridized carbons (Fsp3) is 0.217. The molecule has 1 N–H and O–H groups in total. The van der Waals surface area contributed by atoms with Crippen LogP contribution in [0.4, 0.5) is 10.2 Å². The lowest BCUT2D eigenvalue weighted by Crippen LogP contribution is -2.22. The van der Waals surface area contributed by atoms with Gasteiger partial charge in [-0.25, -0.2) is 9.07 Å². The van der Waals surface area contributed by atoms with Gasteiger partial charge in [-0.1, -0.05) is 29.8 Å². The van der Waals surface area contributed by atoms with Crippen molar-refractivity contribution in [1.82, 2.24) is 9.78 Å². The molecule has 1 heterocycles. The minimum Gasteiger partial charge on any atom is -0.456 e. The Bertz CT molecular complexity index is 1090. The first-order valence-corrected chi connectivity index (χ1v) is 9.70. The maximum absolute atomic E-state index is 13.2. The molecule has 7 nitrogen and oxygen atoms in total. The first kappa shape index (κ1) is 21.9. The lowest BCUT2D eigenvalue weighted by Gasteiger charge is -2.09. The SMILES string of the molecule is Cc1ccc(C(=O)CCC(=O)OCC(=O)Nc2cc(C)nn2-c2ccc(F)cc2)cc1. The molecule has 0 saturated carbocycles. The zero-order valence-electron chi connectivity index (χ0n) is 17.2. The molecule has 3 rings (SSSR count). The van der Waals surface area contributed by atoms with E-state index in [-0.39, 0.29) is 24.4 Å². The van der Waals surface area contributed by atoms with E-state index in [2.05, 4.69) is 10.4 Å². The van der Waals surface area contributed by atoms with Crippen LogP contribution in [-0.2, 0) is 14.3 Å². The number of amides is 1. The highest BCUT2D eigenvalue weighted by atomic mass is 19.1. The number of nitrogens with one attached hydrogen (secondary N) is 1. The molecular formula is C23H22FN3O4. The number of ether oxygens (including phenoxy) is 1. The summed E-state index contributed by atoms with van der Waals surface area (Å²) in [6.07, 6.45) is -0.118. The predicted octanol–water partition coefficient (Wildman–Crippen LogP) is 3.77. The zero-order valence-corrected chi connectivity index (χ0v) is 17.2. The summed E-state index contributed by atoms with van der Waals surface area (Å²) in [7, 11) is 0. The fourth-order valence-electron chi connectivity index (χ4n) is 2.86. The number of benzene rings is 2. The van der Waals surface area contributed by atoms with E-state index in [9.17, 15) is 18.8 Å². The number of ketones is 1. The smallest absolute Gasteiger partial charge is 0.306 e. The maximum atomic E-state index is 13.2. The lowest BCUT2D eigenvalue weighted by molar-refractivity contribution is -0.147. The summed E-state index contributed by atoms with van der Waals surface area (Å²) in [6.45, 7) is 3.18. The van der Waals surface area contributed by atoms with Crippen LogP contribution in [0.3, 0.4) is 0 Å². The Labute approximate surface area is 178 Å². The Balaban J connectivity index is 1.50. The van der Waals surface area contributed by atoms with E-state index in [1.807, 2.05) is 19.1 Å². The Morgan fingerprint density at radius 3 is 2.35 bits per heavy atom. The molecule has 0 aliphatic heterocycles. The average Bonchev–Trinajstić information content (AvgIpc) is 3.11. The van der Waals surface area contributed by atoms with Gasteiger partial charge in [-0.2, -0.15) is 5.10 Å². The number of anilines is 1. The van der Waals surface area contributed by atoms with E-state index in [1.54, 1.807) is 25.1 Å². The number of esters is 1. The molecule has 0 spiro atoms. The van der Waals surface area contributed by atoms with Crippen molar-refractivity contribution < 1.29 is 23.5 Å². The second-order valence-corrected chi connectivity index (χ2v) is 7.06. The third-order valence-corrected chi connectivity index (χ3v) is 4.46. The molecule has 0 atom stereocenters. The van der Waals surface area contributed by atoms with Gasteiger partial charge in [-0.3, -0.25) is 14.4 Å². The highest BCUT2D eigenvalue weighted by Gasteiger charge is 2.14. The Kier molecular flexibility index (Phi) is 6.92. The van der Waals surface area contributed by atoms with Gasteiger partial charge in [-0.15, -0.1) is 0 Å². The third-order valence-electron chi connectivity index (χ3n) is 4.46. The predicted molar refractivity (Wildman–Crippen MR) is 113 cm³/mol. The first-order valence-electron chi connectivity index (χ1n) is 9.70. The normalized spacial score (nSPS) is 10.5. The van der Waals surface area contributed by atoms with Crippen LogP contribution in [0.2, 0.25) is 0 Å². The monoisotopic (exact) mass is 423 g/mol. The van der Waals surface area contributed by atoms with Crippen LogP contribution in [0.5, 0.6) is 0 Å². The topological polar surface area (TPSA) is 90.3 Å². The summed E-state index contributed by atoms with van der Waals surface area (Å²) >= 11 is 0. The number of rotatable bonds is 8. The molecule has 1 aromatic heterocycles. The van der Waals surface area contributed by atoms with Gasteiger partial charge >= 0.3 is 5.97 Å². The minimum absolute atomic E-state index is 0.0000450. The van der Waals surface area contributed by atoms with Crippen LogP contribution in [-0.4, -0.2) is 34.0 Å². The Hall–Kier alpha value is -3.81. The van der Waals surface area contributed by atoms with Crippen LogP contribution in [0.1, 0.15) is 34.5 Å². The molecule has 0 saturated heterocycles. The molecule has 160 valence electrons. The summed E-state index contributed by atoms with van der Waals surface area (Å²) < 4.78 is 19.6. The average molecular weight is 423 g/mol. The second-order valence-electron chi connectivity index (χ2n) is 7.06. The van der Waals surface area contributed by atoms with Crippen molar-refractivity contribution in [1.29, 1.82) is 0 Å². The van der Waals surface area contributed by atoms with E-state index < -0.39 is 18.5 Å². The number of aromatic nitrogens is 2. The molecule has 3 aromatic rings. The first-order chi connectivity index (χ1) is 14.8.